The molecule has 3 N–H and O–H groups in total. The molecule has 1 aromatic heterocycles. The van der Waals surface area contributed by atoms with Gasteiger partial charge in [0.1, 0.15) is 4.90 Å². The Kier molecular flexibility index (Phi) is 3.19. The lowest BCUT2D eigenvalue weighted by Crippen LogP contribution is -2.46. The van der Waals surface area contributed by atoms with Gasteiger partial charge in [0.25, 0.3) is 0 Å². The molecule has 1 saturated heterocycles. The molecular formula is C13H17N3O3S. The highest BCUT2D eigenvalue weighted by molar-refractivity contribution is 7.89. The summed E-state index contributed by atoms with van der Waals surface area (Å²) in [6, 6.07) is 5.02. The van der Waals surface area contributed by atoms with Crippen molar-refractivity contribution in [1.82, 2.24) is 9.29 Å². The van der Waals surface area contributed by atoms with Crippen molar-refractivity contribution in [2.24, 2.45) is 0 Å². The minimum atomic E-state index is -3.53. The number of nitrogens with two attached hydrogens (primary N) is 1. The number of H-pyrrole nitrogens is 1. The molecule has 3 rings (SSSR count). The largest absolute Gasteiger partial charge is 0.399 e. The average Bonchev–Trinajstić information content (AvgIpc) is 2.82. The topological polar surface area (TPSA) is 88.4 Å². The molecule has 7 heteroatoms. The lowest BCUT2D eigenvalue weighted by molar-refractivity contribution is 0.0393. The van der Waals surface area contributed by atoms with Gasteiger partial charge >= 0.3 is 0 Å². The highest BCUT2D eigenvalue weighted by Crippen LogP contribution is 2.28. The molecule has 0 aliphatic carbocycles. The van der Waals surface area contributed by atoms with Crippen LogP contribution >= 0.6 is 0 Å². The predicted molar refractivity (Wildman–Crippen MR) is 76.9 cm³/mol. The minimum Gasteiger partial charge on any atom is -0.399 e. The molecule has 1 aliphatic rings. The Balaban J connectivity index is 2.09. The normalized spacial score (nSPS) is 21.4. The molecule has 108 valence electrons. The number of anilines is 1. The smallest absolute Gasteiger partial charge is 0.245 e. The van der Waals surface area contributed by atoms with Gasteiger partial charge in [-0.3, -0.25) is 0 Å². The molecule has 6 nitrogen and oxygen atoms in total. The summed E-state index contributed by atoms with van der Waals surface area (Å²) < 4.78 is 32.3. The zero-order chi connectivity index (χ0) is 14.3. The number of nitrogens with zero attached hydrogens (tertiary/aromatic N) is 1. The van der Waals surface area contributed by atoms with Crippen molar-refractivity contribution < 1.29 is 13.2 Å². The zero-order valence-electron chi connectivity index (χ0n) is 11.2. The molecule has 1 aliphatic heterocycles. The van der Waals surface area contributed by atoms with E-state index in [2.05, 4.69) is 4.98 Å². The number of aromatic nitrogens is 1. The van der Waals surface area contributed by atoms with Crippen LogP contribution in [-0.4, -0.2) is 43.5 Å². The monoisotopic (exact) mass is 295 g/mol. The van der Waals surface area contributed by atoms with Gasteiger partial charge in [0.05, 0.1) is 13.2 Å². The van der Waals surface area contributed by atoms with Crippen LogP contribution in [0.1, 0.15) is 6.92 Å². The quantitative estimate of drug-likeness (QED) is 0.814. The third-order valence-corrected chi connectivity index (χ3v) is 5.61. The first-order chi connectivity index (χ1) is 9.50. The molecule has 1 fully saturated rings. The fourth-order valence-corrected chi connectivity index (χ4v) is 4.29. The molecular weight excluding hydrogens is 278 g/mol. The van der Waals surface area contributed by atoms with Gasteiger partial charge in [-0.25, -0.2) is 8.42 Å². The van der Waals surface area contributed by atoms with Crippen molar-refractivity contribution in [3.05, 3.63) is 24.4 Å². The number of fused-ring (bicyclic) bond motifs is 1. The number of hydrogen-bond donors (Lipinski definition) is 2. The van der Waals surface area contributed by atoms with E-state index >= 15 is 0 Å². The van der Waals surface area contributed by atoms with Crippen LogP contribution in [0.25, 0.3) is 10.9 Å². The minimum absolute atomic E-state index is 0.160. The lowest BCUT2D eigenvalue weighted by Gasteiger charge is -2.32. The maximum Gasteiger partial charge on any atom is 0.245 e. The number of morpholine rings is 1. The lowest BCUT2D eigenvalue weighted by atomic mass is 10.2. The second kappa shape index (κ2) is 4.76. The van der Waals surface area contributed by atoms with Crippen LogP contribution in [0.5, 0.6) is 0 Å². The van der Waals surface area contributed by atoms with Gasteiger partial charge in [-0.2, -0.15) is 4.31 Å². The van der Waals surface area contributed by atoms with E-state index in [9.17, 15) is 8.42 Å². The molecule has 0 spiro atoms. The Morgan fingerprint density at radius 1 is 1.45 bits per heavy atom. The van der Waals surface area contributed by atoms with E-state index in [1.165, 1.54) is 10.5 Å². The average molecular weight is 295 g/mol. The Labute approximate surface area is 117 Å². The van der Waals surface area contributed by atoms with Crippen molar-refractivity contribution in [1.29, 1.82) is 0 Å². The van der Waals surface area contributed by atoms with Crippen LogP contribution in [-0.2, 0) is 14.8 Å². The Morgan fingerprint density at radius 3 is 3.00 bits per heavy atom. The van der Waals surface area contributed by atoms with Crippen LogP contribution in [0.3, 0.4) is 0 Å². The predicted octanol–water partition coefficient (Wildman–Crippen LogP) is 1.16. The molecule has 0 bridgehead atoms. The van der Waals surface area contributed by atoms with E-state index in [0.29, 0.717) is 35.7 Å². The fourth-order valence-electron chi connectivity index (χ4n) is 2.53. The van der Waals surface area contributed by atoms with Crippen LogP contribution in [0.15, 0.2) is 29.3 Å². The standard InChI is InChI=1S/C13H17N3O3S/c1-9-8-19-5-4-16(9)20(17,18)13-7-15-12-6-10(14)2-3-11(12)13/h2-3,6-7,9,15H,4-5,8,14H2,1H3. The summed E-state index contributed by atoms with van der Waals surface area (Å²) in [6.07, 6.45) is 1.53. The summed E-state index contributed by atoms with van der Waals surface area (Å²) in [5.41, 5.74) is 7.04. The summed E-state index contributed by atoms with van der Waals surface area (Å²) in [4.78, 5) is 3.26. The molecule has 1 atom stereocenters. The van der Waals surface area contributed by atoms with E-state index < -0.39 is 10.0 Å². The molecule has 0 amide bonds. The third kappa shape index (κ3) is 2.07. The van der Waals surface area contributed by atoms with Gasteiger partial charge in [-0.15, -0.1) is 0 Å². The summed E-state index contributed by atoms with van der Waals surface area (Å²) in [5.74, 6) is 0. The first-order valence-corrected chi connectivity index (χ1v) is 7.90. The van der Waals surface area contributed by atoms with Crippen LogP contribution < -0.4 is 5.73 Å². The Hall–Kier alpha value is -1.57. The van der Waals surface area contributed by atoms with Crippen molar-refractivity contribution >= 4 is 26.6 Å². The van der Waals surface area contributed by atoms with Gasteiger partial charge in [-0.1, -0.05) is 0 Å². The summed E-state index contributed by atoms with van der Waals surface area (Å²) >= 11 is 0. The van der Waals surface area contributed by atoms with Crippen molar-refractivity contribution in [3.8, 4) is 0 Å². The van der Waals surface area contributed by atoms with Gasteiger partial charge in [-0.05, 0) is 25.1 Å². The van der Waals surface area contributed by atoms with E-state index in [1.807, 2.05) is 6.92 Å². The van der Waals surface area contributed by atoms with E-state index in [1.54, 1.807) is 18.2 Å². The third-order valence-electron chi connectivity index (χ3n) is 3.56. The molecule has 2 aromatic rings. The molecule has 1 aromatic carbocycles. The maximum absolute atomic E-state index is 12.8. The number of nitrogen functional groups attached to an aromatic ring is 1. The molecule has 0 saturated carbocycles. The maximum atomic E-state index is 12.8. The Morgan fingerprint density at radius 2 is 2.25 bits per heavy atom. The van der Waals surface area contributed by atoms with Crippen LogP contribution in [0.4, 0.5) is 5.69 Å². The second-order valence-electron chi connectivity index (χ2n) is 5.00. The van der Waals surface area contributed by atoms with Gasteiger partial charge in [0.15, 0.2) is 0 Å². The molecule has 2 heterocycles. The van der Waals surface area contributed by atoms with Gasteiger partial charge in [0, 0.05) is 35.4 Å². The van der Waals surface area contributed by atoms with Gasteiger partial charge in [0.2, 0.25) is 10.0 Å². The van der Waals surface area contributed by atoms with Crippen molar-refractivity contribution in [2.45, 2.75) is 17.9 Å². The first kappa shape index (κ1) is 13.4. The number of nitrogens with one attached hydrogen (secondary N) is 1. The van der Waals surface area contributed by atoms with Crippen molar-refractivity contribution in [2.75, 3.05) is 25.5 Å². The highest BCUT2D eigenvalue weighted by atomic mass is 32.2. The highest BCUT2D eigenvalue weighted by Gasteiger charge is 2.33. The number of hydrogen-bond acceptors (Lipinski definition) is 4. The molecule has 20 heavy (non-hydrogen) atoms. The van der Waals surface area contributed by atoms with E-state index in [0.717, 1.165) is 5.52 Å². The second-order valence-corrected chi connectivity index (χ2v) is 6.86. The number of rotatable bonds is 2. The Bertz CT molecular complexity index is 738. The van der Waals surface area contributed by atoms with Crippen LogP contribution in [0, 0.1) is 0 Å². The molecule has 1 unspecified atom stereocenters. The molecule has 0 radical (unpaired) electrons. The van der Waals surface area contributed by atoms with Gasteiger partial charge < -0.3 is 15.5 Å². The zero-order valence-corrected chi connectivity index (χ0v) is 12.0. The fraction of sp³-hybridized carbons (Fsp3) is 0.385. The summed E-state index contributed by atoms with van der Waals surface area (Å²) in [7, 11) is -3.53. The number of aromatic amines is 1. The van der Waals surface area contributed by atoms with Crippen molar-refractivity contribution in [3.63, 3.8) is 0 Å². The number of sulfonamides is 1. The number of benzene rings is 1. The summed E-state index contributed by atoms with van der Waals surface area (Å²) in [6.45, 7) is 3.09. The summed E-state index contributed by atoms with van der Waals surface area (Å²) in [5, 5.41) is 0.665. The van der Waals surface area contributed by atoms with E-state index in [4.69, 9.17) is 10.5 Å². The number of ether oxygens (including phenoxy) is 1. The SMILES string of the molecule is CC1COCCN1S(=O)(=O)c1c[nH]c2cc(N)ccc12. The van der Waals surface area contributed by atoms with Crippen LogP contribution in [0.2, 0.25) is 0 Å². The van der Waals surface area contributed by atoms with E-state index in [-0.39, 0.29) is 6.04 Å². The first-order valence-electron chi connectivity index (χ1n) is 6.46.